The van der Waals surface area contributed by atoms with Gasteiger partial charge in [-0.25, -0.2) is 9.98 Å². The van der Waals surface area contributed by atoms with Gasteiger partial charge in [-0.2, -0.15) is 0 Å². The van der Waals surface area contributed by atoms with Crippen molar-refractivity contribution in [2.24, 2.45) is 15.4 Å². The molecule has 4 aliphatic heterocycles. The van der Waals surface area contributed by atoms with E-state index < -0.39 is 17.4 Å². The van der Waals surface area contributed by atoms with Crippen LogP contribution < -0.4 is 16.0 Å². The minimum Gasteiger partial charge on any atom is -0.481 e. The normalized spacial score (nSPS) is 27.1. The summed E-state index contributed by atoms with van der Waals surface area (Å²) < 4.78 is 0. The highest BCUT2D eigenvalue weighted by Crippen LogP contribution is 2.47. The summed E-state index contributed by atoms with van der Waals surface area (Å²) in [5.74, 6) is -0.790. The van der Waals surface area contributed by atoms with Crippen molar-refractivity contribution in [2.75, 3.05) is 0 Å². The average Bonchev–Trinajstić information content (AvgIpc) is 3.70. The van der Waals surface area contributed by atoms with Gasteiger partial charge < -0.3 is 15.4 Å². The zero-order valence-electron chi connectivity index (χ0n) is 27.3. The Balaban J connectivity index is 1.93. The van der Waals surface area contributed by atoms with E-state index in [0.29, 0.717) is 12.8 Å². The van der Waals surface area contributed by atoms with Crippen LogP contribution in [0.4, 0.5) is 0 Å². The number of aliphatic imine (C=N–C) groups is 2. The van der Waals surface area contributed by atoms with Crippen molar-refractivity contribution in [3.8, 4) is 0 Å². The molecular formula is C37H48N4O2. The molecule has 0 aliphatic carbocycles. The van der Waals surface area contributed by atoms with Crippen LogP contribution in [0.1, 0.15) is 105 Å². The number of aliphatic carboxylic acids is 1. The molecule has 228 valence electrons. The molecule has 0 aromatic carbocycles. The van der Waals surface area contributed by atoms with Crippen LogP contribution in [0, 0.1) is 5.41 Å². The van der Waals surface area contributed by atoms with Crippen molar-refractivity contribution in [3.63, 3.8) is 0 Å². The summed E-state index contributed by atoms with van der Waals surface area (Å²) in [5, 5.41) is 16.8. The molecule has 0 spiro atoms. The van der Waals surface area contributed by atoms with E-state index in [4.69, 9.17) is 9.98 Å². The van der Waals surface area contributed by atoms with Gasteiger partial charge in [0, 0.05) is 16.4 Å². The predicted octanol–water partition coefficient (Wildman–Crippen LogP) is 6.74. The Bertz CT molecular complexity index is 1700. The SMILES string of the molecule is CCC1=C(CC)/C2=C/C3=C(CC)C(CC)(C(=O)O)C(/C=C4N=C(/C=c5\[nH]/c(c(CC)c5CC)=C\C1=N2)C(CC)=C\4CC)N3. The van der Waals surface area contributed by atoms with Crippen LogP contribution in [0.3, 0.4) is 0 Å². The third-order valence-corrected chi connectivity index (χ3v) is 10.0. The first-order chi connectivity index (χ1) is 20.8. The Morgan fingerprint density at radius 2 is 1.23 bits per heavy atom. The second-order valence-corrected chi connectivity index (χ2v) is 11.8. The summed E-state index contributed by atoms with van der Waals surface area (Å²) in [5.41, 5.74) is 12.2. The molecule has 8 bridgehead atoms. The molecule has 0 amide bonds. The number of carboxylic acid groups (broad SMARTS) is 1. The molecule has 2 unspecified atom stereocenters. The summed E-state index contributed by atoms with van der Waals surface area (Å²) in [6.07, 6.45) is 15.1. The van der Waals surface area contributed by atoms with Gasteiger partial charge in [0.25, 0.3) is 0 Å². The Morgan fingerprint density at radius 3 is 1.67 bits per heavy atom. The number of H-pyrrole nitrogens is 1. The second-order valence-electron chi connectivity index (χ2n) is 11.8. The topological polar surface area (TPSA) is 89.8 Å². The Kier molecular flexibility index (Phi) is 8.69. The largest absolute Gasteiger partial charge is 0.481 e. The van der Waals surface area contributed by atoms with Crippen LogP contribution in [-0.4, -0.2) is 33.5 Å². The molecule has 6 heteroatoms. The molecule has 3 N–H and O–H groups in total. The molecule has 2 atom stereocenters. The number of allylic oxidation sites excluding steroid dienone is 5. The number of aromatic amines is 1. The van der Waals surface area contributed by atoms with E-state index in [9.17, 15) is 9.90 Å². The van der Waals surface area contributed by atoms with Gasteiger partial charge in [-0.05, 0) is 115 Å². The molecule has 0 fully saturated rings. The number of hydrogen-bond acceptors (Lipinski definition) is 4. The Hall–Kier alpha value is -3.67. The maximum atomic E-state index is 13.2. The van der Waals surface area contributed by atoms with Crippen LogP contribution in [0.5, 0.6) is 0 Å². The zero-order chi connectivity index (χ0) is 31.1. The number of rotatable bonds is 9. The van der Waals surface area contributed by atoms with Crippen molar-refractivity contribution in [1.82, 2.24) is 10.3 Å². The summed E-state index contributed by atoms with van der Waals surface area (Å²) in [7, 11) is 0. The van der Waals surface area contributed by atoms with Crippen molar-refractivity contribution in [3.05, 3.63) is 78.9 Å². The van der Waals surface area contributed by atoms with Crippen LogP contribution in [0.2, 0.25) is 0 Å². The van der Waals surface area contributed by atoms with Gasteiger partial charge in [0.15, 0.2) is 0 Å². The van der Waals surface area contributed by atoms with Crippen molar-refractivity contribution in [1.29, 1.82) is 0 Å². The number of carbonyl (C=O) groups is 1. The average molecular weight is 581 g/mol. The van der Waals surface area contributed by atoms with Crippen molar-refractivity contribution in [2.45, 2.75) is 113 Å². The van der Waals surface area contributed by atoms with E-state index in [-0.39, 0.29) is 0 Å². The Morgan fingerprint density at radius 1 is 0.721 bits per heavy atom. The fourth-order valence-electron chi connectivity index (χ4n) is 7.94. The number of fused-ring (bicyclic) bond motifs is 6. The second kappa shape index (κ2) is 12.1. The molecule has 43 heavy (non-hydrogen) atoms. The van der Waals surface area contributed by atoms with Gasteiger partial charge in [0.2, 0.25) is 0 Å². The maximum absolute atomic E-state index is 13.2. The highest BCUT2D eigenvalue weighted by atomic mass is 16.4. The number of nitrogens with one attached hydrogen (secondary N) is 2. The zero-order valence-corrected chi connectivity index (χ0v) is 27.3. The first-order valence-corrected chi connectivity index (χ1v) is 16.5. The van der Waals surface area contributed by atoms with E-state index in [1.807, 2.05) is 6.92 Å². The van der Waals surface area contributed by atoms with Crippen molar-refractivity contribution >= 4 is 29.5 Å². The summed E-state index contributed by atoms with van der Waals surface area (Å²) >= 11 is 0. The maximum Gasteiger partial charge on any atom is 0.316 e. The van der Waals surface area contributed by atoms with Gasteiger partial charge in [-0.1, -0.05) is 55.4 Å². The quantitative estimate of drug-likeness (QED) is 0.302. The molecule has 5 heterocycles. The van der Waals surface area contributed by atoms with Crippen molar-refractivity contribution < 1.29 is 9.90 Å². The number of hydrogen-bond donors (Lipinski definition) is 3. The molecule has 4 aliphatic rings. The van der Waals surface area contributed by atoms with Gasteiger partial charge in [0.1, 0.15) is 5.41 Å². The molecule has 0 saturated carbocycles. The van der Waals surface area contributed by atoms with Gasteiger partial charge in [-0.15, -0.1) is 0 Å². The number of nitrogens with zero attached hydrogens (tertiary/aromatic N) is 2. The molecular weight excluding hydrogens is 532 g/mol. The highest BCUT2D eigenvalue weighted by Gasteiger charge is 2.52. The standard InChI is InChI=1S/C37H48N4O2/c1-9-21-22(10-2)29-18-31-25(13-5)26(14-6)33(40-31)20-35-37(16-8,36(42)43)27(15-7)34(41-35)19-32-24(12-4)23(11-3)30(39-32)17-28(21)38-29/h17-20,35,38,41H,9-16H2,1-8H3,(H,42,43)/b28-17-,29-18-,32-19-,33-20-. The van der Waals surface area contributed by atoms with Gasteiger partial charge >= 0.3 is 5.97 Å². The molecule has 5 rings (SSSR count). The fraction of sp³-hybridized carbons (Fsp3) is 0.486. The van der Waals surface area contributed by atoms with Crippen LogP contribution >= 0.6 is 0 Å². The number of aromatic nitrogens is 1. The molecule has 6 nitrogen and oxygen atoms in total. The number of carboxylic acids is 1. The minimum absolute atomic E-state index is 0.423. The lowest BCUT2D eigenvalue weighted by molar-refractivity contribution is -0.147. The Labute approximate surface area is 256 Å². The lowest BCUT2D eigenvalue weighted by Crippen LogP contribution is -2.44. The van der Waals surface area contributed by atoms with E-state index >= 15 is 0 Å². The lowest BCUT2D eigenvalue weighted by atomic mass is 9.72. The van der Waals surface area contributed by atoms with E-state index in [2.05, 4.69) is 83.1 Å². The minimum atomic E-state index is -1.06. The van der Waals surface area contributed by atoms with Crippen LogP contribution in [0.25, 0.3) is 12.2 Å². The highest BCUT2D eigenvalue weighted by molar-refractivity contribution is 6.24. The molecule has 1 aromatic heterocycles. The van der Waals surface area contributed by atoms with Gasteiger partial charge in [0.05, 0.1) is 28.9 Å². The predicted molar refractivity (Wildman–Crippen MR) is 179 cm³/mol. The van der Waals surface area contributed by atoms with E-state index in [0.717, 1.165) is 83.3 Å². The summed E-state index contributed by atoms with van der Waals surface area (Å²) in [4.78, 5) is 27.5. The van der Waals surface area contributed by atoms with E-state index in [1.165, 1.54) is 33.4 Å². The van der Waals surface area contributed by atoms with E-state index in [1.54, 1.807) is 0 Å². The fourth-order valence-corrected chi connectivity index (χ4v) is 7.94. The third kappa shape index (κ3) is 4.74. The first-order valence-electron chi connectivity index (χ1n) is 16.5. The summed E-state index contributed by atoms with van der Waals surface area (Å²) in [6, 6.07) is -0.423. The third-order valence-electron chi connectivity index (χ3n) is 10.0. The monoisotopic (exact) mass is 580 g/mol. The smallest absolute Gasteiger partial charge is 0.316 e. The lowest BCUT2D eigenvalue weighted by Gasteiger charge is -2.31. The molecule has 0 saturated heterocycles. The van der Waals surface area contributed by atoms with Crippen LogP contribution in [0.15, 0.2) is 67.1 Å². The molecule has 1 aromatic rings. The molecule has 0 radical (unpaired) electrons. The van der Waals surface area contributed by atoms with Gasteiger partial charge in [-0.3, -0.25) is 4.79 Å². The first kappa shape index (κ1) is 30.8. The van der Waals surface area contributed by atoms with Crippen LogP contribution in [-0.2, 0) is 17.6 Å². The summed E-state index contributed by atoms with van der Waals surface area (Å²) in [6.45, 7) is 17.3.